The first-order chi connectivity index (χ1) is 7.36. The molecule has 6 heteroatoms. The quantitative estimate of drug-likeness (QED) is 0.599. The van der Waals surface area contributed by atoms with Crippen LogP contribution in [0.2, 0.25) is 0 Å². The van der Waals surface area contributed by atoms with Crippen molar-refractivity contribution in [1.82, 2.24) is 20.6 Å². The molecular weight excluding hydrogens is 196 g/mol. The highest BCUT2D eigenvalue weighted by atomic mass is 16.5. The lowest BCUT2D eigenvalue weighted by molar-refractivity contribution is -0.134. The van der Waals surface area contributed by atoms with Crippen LogP contribution >= 0.6 is 0 Å². The van der Waals surface area contributed by atoms with Gasteiger partial charge in [0.15, 0.2) is 0 Å². The van der Waals surface area contributed by atoms with Gasteiger partial charge in [0.1, 0.15) is 11.9 Å². The van der Waals surface area contributed by atoms with Crippen LogP contribution in [0.1, 0.15) is 5.82 Å². The van der Waals surface area contributed by atoms with Crippen LogP contribution in [0.5, 0.6) is 0 Å². The molecular formula is C9H14N4O2. The second-order valence-corrected chi connectivity index (χ2v) is 3.32. The lowest BCUT2D eigenvalue weighted by atomic mass is 10.3. The summed E-state index contributed by atoms with van der Waals surface area (Å²) in [5.74, 6) is 0.644. The van der Waals surface area contributed by atoms with Gasteiger partial charge in [0.05, 0.1) is 13.2 Å². The van der Waals surface area contributed by atoms with Gasteiger partial charge in [-0.2, -0.15) is 0 Å². The minimum Gasteiger partial charge on any atom is -0.366 e. The number of aromatic nitrogens is 2. The molecule has 2 rings (SSSR count). The number of H-pyrrole nitrogens is 1. The first kappa shape index (κ1) is 10.1. The number of nitrogens with zero attached hydrogens (tertiary/aromatic N) is 1. The third-order valence-electron chi connectivity index (χ3n) is 2.20. The van der Waals surface area contributed by atoms with Crippen molar-refractivity contribution in [2.45, 2.75) is 12.6 Å². The standard InChI is InChI=1S/C9H14N4O2/c14-9(7-5-10-3-4-15-7)13-6-8-11-1-2-12-8/h1-2,7,10H,3-6H2,(H,11,12)(H,13,14). The number of ether oxygens (including phenoxy) is 1. The summed E-state index contributed by atoms with van der Waals surface area (Å²) in [6, 6.07) is 0. The summed E-state index contributed by atoms with van der Waals surface area (Å²) in [6.07, 6.45) is 2.99. The largest absolute Gasteiger partial charge is 0.366 e. The molecule has 0 saturated carbocycles. The van der Waals surface area contributed by atoms with Gasteiger partial charge < -0.3 is 20.4 Å². The van der Waals surface area contributed by atoms with Gasteiger partial charge in [0.25, 0.3) is 5.91 Å². The molecule has 0 radical (unpaired) electrons. The molecule has 1 aromatic heterocycles. The predicted octanol–water partition coefficient (Wildman–Crippen LogP) is -0.986. The average molecular weight is 210 g/mol. The zero-order valence-corrected chi connectivity index (χ0v) is 8.32. The van der Waals surface area contributed by atoms with E-state index in [1.165, 1.54) is 0 Å². The number of aromatic amines is 1. The topological polar surface area (TPSA) is 79.0 Å². The van der Waals surface area contributed by atoms with E-state index in [9.17, 15) is 4.79 Å². The molecule has 1 unspecified atom stereocenters. The Kier molecular flexibility index (Phi) is 3.31. The number of carbonyl (C=O) groups is 1. The number of rotatable bonds is 3. The van der Waals surface area contributed by atoms with Crippen LogP contribution in [0.15, 0.2) is 12.4 Å². The Morgan fingerprint density at radius 1 is 1.73 bits per heavy atom. The smallest absolute Gasteiger partial charge is 0.250 e. The summed E-state index contributed by atoms with van der Waals surface area (Å²) in [5, 5.41) is 5.86. The molecule has 0 aromatic carbocycles. The average Bonchev–Trinajstić information content (AvgIpc) is 2.80. The lowest BCUT2D eigenvalue weighted by Crippen LogP contribution is -2.47. The fourth-order valence-electron chi connectivity index (χ4n) is 1.41. The van der Waals surface area contributed by atoms with Crippen LogP contribution in [0.3, 0.4) is 0 Å². The molecule has 6 nitrogen and oxygen atoms in total. The van der Waals surface area contributed by atoms with Gasteiger partial charge in [-0.25, -0.2) is 4.98 Å². The Morgan fingerprint density at radius 2 is 2.67 bits per heavy atom. The molecule has 1 atom stereocenters. The van der Waals surface area contributed by atoms with E-state index in [0.29, 0.717) is 19.7 Å². The first-order valence-corrected chi connectivity index (χ1v) is 4.94. The van der Waals surface area contributed by atoms with Crippen LogP contribution < -0.4 is 10.6 Å². The van der Waals surface area contributed by atoms with Gasteiger partial charge in [0.2, 0.25) is 0 Å². The number of hydrogen-bond donors (Lipinski definition) is 3. The van der Waals surface area contributed by atoms with Crippen molar-refractivity contribution in [3.8, 4) is 0 Å². The highest BCUT2D eigenvalue weighted by molar-refractivity contribution is 5.81. The third kappa shape index (κ3) is 2.77. The van der Waals surface area contributed by atoms with Crippen molar-refractivity contribution in [2.24, 2.45) is 0 Å². The number of amides is 1. The van der Waals surface area contributed by atoms with Crippen molar-refractivity contribution in [3.63, 3.8) is 0 Å². The van der Waals surface area contributed by atoms with E-state index >= 15 is 0 Å². The molecule has 0 bridgehead atoms. The van der Waals surface area contributed by atoms with E-state index in [2.05, 4.69) is 20.6 Å². The molecule has 1 aliphatic heterocycles. The summed E-state index contributed by atoms with van der Waals surface area (Å²) >= 11 is 0. The zero-order valence-electron chi connectivity index (χ0n) is 8.32. The van der Waals surface area contributed by atoms with Crippen molar-refractivity contribution in [2.75, 3.05) is 19.7 Å². The van der Waals surface area contributed by atoms with Gasteiger partial charge in [-0.1, -0.05) is 0 Å². The van der Waals surface area contributed by atoms with Gasteiger partial charge in [-0.05, 0) is 0 Å². The number of nitrogens with one attached hydrogen (secondary N) is 3. The van der Waals surface area contributed by atoms with Crippen molar-refractivity contribution >= 4 is 5.91 Å². The molecule has 15 heavy (non-hydrogen) atoms. The van der Waals surface area contributed by atoms with Gasteiger partial charge in [-0.3, -0.25) is 4.79 Å². The van der Waals surface area contributed by atoms with Crippen molar-refractivity contribution in [3.05, 3.63) is 18.2 Å². The summed E-state index contributed by atoms with van der Waals surface area (Å²) in [7, 11) is 0. The molecule has 1 saturated heterocycles. The molecule has 1 amide bonds. The Bertz CT molecular complexity index is 306. The van der Waals surface area contributed by atoms with Crippen LogP contribution in [0, 0.1) is 0 Å². The normalized spacial score (nSPS) is 21.2. The van der Waals surface area contributed by atoms with Gasteiger partial charge in [0, 0.05) is 25.5 Å². The Balaban J connectivity index is 1.76. The maximum atomic E-state index is 11.6. The third-order valence-corrected chi connectivity index (χ3v) is 2.20. The van der Waals surface area contributed by atoms with Crippen LogP contribution in [0.25, 0.3) is 0 Å². The summed E-state index contributed by atoms with van der Waals surface area (Å²) < 4.78 is 5.30. The van der Waals surface area contributed by atoms with E-state index in [4.69, 9.17) is 4.74 Å². The van der Waals surface area contributed by atoms with Gasteiger partial charge >= 0.3 is 0 Å². The number of morpholine rings is 1. The highest BCUT2D eigenvalue weighted by Gasteiger charge is 2.21. The van der Waals surface area contributed by atoms with Crippen molar-refractivity contribution in [1.29, 1.82) is 0 Å². The minimum atomic E-state index is -0.381. The van der Waals surface area contributed by atoms with Crippen LogP contribution in [-0.4, -0.2) is 41.7 Å². The number of imidazole rings is 1. The molecule has 0 aliphatic carbocycles. The second-order valence-electron chi connectivity index (χ2n) is 3.32. The second kappa shape index (κ2) is 4.90. The van der Waals surface area contributed by atoms with Crippen LogP contribution in [0.4, 0.5) is 0 Å². The molecule has 1 fully saturated rings. The summed E-state index contributed by atoms with van der Waals surface area (Å²) in [6.45, 7) is 2.37. The Hall–Kier alpha value is -1.40. The minimum absolute atomic E-state index is 0.0985. The fourth-order valence-corrected chi connectivity index (χ4v) is 1.41. The first-order valence-electron chi connectivity index (χ1n) is 4.94. The monoisotopic (exact) mass is 210 g/mol. The summed E-state index contributed by atoms with van der Waals surface area (Å²) in [4.78, 5) is 18.5. The van der Waals surface area contributed by atoms with E-state index in [1.54, 1.807) is 12.4 Å². The molecule has 3 N–H and O–H groups in total. The van der Waals surface area contributed by atoms with E-state index in [1.807, 2.05) is 0 Å². The fraction of sp³-hybridized carbons (Fsp3) is 0.556. The van der Waals surface area contributed by atoms with Gasteiger partial charge in [-0.15, -0.1) is 0 Å². The predicted molar refractivity (Wildman–Crippen MR) is 53.0 cm³/mol. The van der Waals surface area contributed by atoms with Crippen molar-refractivity contribution < 1.29 is 9.53 Å². The molecule has 0 spiro atoms. The SMILES string of the molecule is O=C(NCc1ncc[nH]1)C1CNCCO1. The Morgan fingerprint density at radius 3 is 3.33 bits per heavy atom. The molecule has 1 aliphatic rings. The maximum absolute atomic E-state index is 11.6. The maximum Gasteiger partial charge on any atom is 0.250 e. The highest BCUT2D eigenvalue weighted by Crippen LogP contribution is 1.96. The van der Waals surface area contributed by atoms with E-state index in [-0.39, 0.29) is 12.0 Å². The number of carbonyl (C=O) groups excluding carboxylic acids is 1. The molecule has 2 heterocycles. The Labute approximate surface area is 87.4 Å². The number of hydrogen-bond acceptors (Lipinski definition) is 4. The molecule has 82 valence electrons. The molecule has 1 aromatic rings. The van der Waals surface area contributed by atoms with E-state index < -0.39 is 0 Å². The van der Waals surface area contributed by atoms with E-state index in [0.717, 1.165) is 12.4 Å². The van der Waals surface area contributed by atoms with Crippen LogP contribution in [-0.2, 0) is 16.1 Å². The lowest BCUT2D eigenvalue weighted by Gasteiger charge is -2.22. The zero-order chi connectivity index (χ0) is 10.5. The summed E-state index contributed by atoms with van der Waals surface area (Å²) in [5.41, 5.74) is 0.